The monoisotopic (exact) mass is 230 g/mol. The van der Waals surface area contributed by atoms with Crippen LogP contribution < -0.4 is 5.73 Å². The molecule has 0 aromatic carbocycles. The summed E-state index contributed by atoms with van der Waals surface area (Å²) in [6.45, 7) is 1.39. The van der Waals surface area contributed by atoms with E-state index in [-0.39, 0.29) is 11.9 Å². The van der Waals surface area contributed by atoms with E-state index < -0.39 is 0 Å². The van der Waals surface area contributed by atoms with Crippen molar-refractivity contribution in [2.75, 3.05) is 13.1 Å². The molecule has 14 heavy (non-hydrogen) atoms. The van der Waals surface area contributed by atoms with Gasteiger partial charge in [0.25, 0.3) is 5.91 Å². The summed E-state index contributed by atoms with van der Waals surface area (Å²) in [4.78, 5) is 14.3. The molecule has 0 bridgehead atoms. The molecule has 1 aliphatic rings. The first-order valence-corrected chi connectivity index (χ1v) is 5.72. The highest BCUT2D eigenvalue weighted by Gasteiger charge is 2.26. The number of carbonyl (C=O) groups is 1. The van der Waals surface area contributed by atoms with E-state index in [1.54, 1.807) is 11.0 Å². The first-order chi connectivity index (χ1) is 6.68. The zero-order valence-corrected chi connectivity index (χ0v) is 9.14. The molecule has 1 saturated heterocycles. The maximum atomic E-state index is 11.9. The predicted molar refractivity (Wildman–Crippen MR) is 57.8 cm³/mol. The maximum absolute atomic E-state index is 11.9. The fourth-order valence-electron chi connectivity index (χ4n) is 1.56. The van der Waals surface area contributed by atoms with Gasteiger partial charge in [0.2, 0.25) is 0 Å². The molecule has 2 N–H and O–H groups in total. The van der Waals surface area contributed by atoms with Gasteiger partial charge >= 0.3 is 0 Å². The van der Waals surface area contributed by atoms with Crippen LogP contribution in [0.25, 0.3) is 0 Å². The number of nitrogens with zero attached hydrogens (tertiary/aromatic N) is 1. The molecule has 1 aliphatic heterocycles. The standard InChI is InChI=1S/C9H11ClN2OS/c10-7-2-4-14-8(7)9(13)12-3-1-6(11)5-12/h2,4,6H,1,3,5,11H2. The van der Waals surface area contributed by atoms with Gasteiger partial charge in [-0.05, 0) is 17.9 Å². The van der Waals surface area contributed by atoms with Crippen molar-refractivity contribution in [3.63, 3.8) is 0 Å². The van der Waals surface area contributed by atoms with Gasteiger partial charge in [0.1, 0.15) is 4.88 Å². The van der Waals surface area contributed by atoms with Gasteiger partial charge in [-0.3, -0.25) is 4.79 Å². The second kappa shape index (κ2) is 3.88. The van der Waals surface area contributed by atoms with Crippen molar-refractivity contribution in [2.45, 2.75) is 12.5 Å². The van der Waals surface area contributed by atoms with Crippen LogP contribution in [0.4, 0.5) is 0 Å². The lowest BCUT2D eigenvalue weighted by Gasteiger charge is -2.14. The smallest absolute Gasteiger partial charge is 0.265 e. The highest BCUT2D eigenvalue weighted by molar-refractivity contribution is 7.12. The third-order valence-electron chi connectivity index (χ3n) is 2.32. The van der Waals surface area contributed by atoms with Gasteiger partial charge in [0, 0.05) is 19.1 Å². The Balaban J connectivity index is 2.13. The molecule has 1 unspecified atom stereocenters. The van der Waals surface area contributed by atoms with Gasteiger partial charge in [-0.25, -0.2) is 0 Å². The molecule has 5 heteroatoms. The number of carbonyl (C=O) groups excluding carboxylic acids is 1. The molecule has 0 saturated carbocycles. The summed E-state index contributed by atoms with van der Waals surface area (Å²) in [5, 5.41) is 2.37. The molecule has 0 spiro atoms. The summed E-state index contributed by atoms with van der Waals surface area (Å²) >= 11 is 7.26. The molecule has 2 rings (SSSR count). The first kappa shape index (κ1) is 9.96. The van der Waals surface area contributed by atoms with Crippen molar-refractivity contribution in [2.24, 2.45) is 5.73 Å². The minimum atomic E-state index is 0.0120. The van der Waals surface area contributed by atoms with E-state index in [9.17, 15) is 4.79 Å². The molecular formula is C9H11ClN2OS. The number of nitrogens with two attached hydrogens (primary N) is 1. The van der Waals surface area contributed by atoms with Crippen molar-refractivity contribution >= 4 is 28.8 Å². The lowest BCUT2D eigenvalue weighted by Crippen LogP contribution is -2.31. The largest absolute Gasteiger partial charge is 0.336 e. The third-order valence-corrected chi connectivity index (χ3v) is 3.65. The number of hydrogen-bond donors (Lipinski definition) is 1. The molecule has 1 atom stereocenters. The predicted octanol–water partition coefficient (Wildman–Crippen LogP) is 1.57. The van der Waals surface area contributed by atoms with Crippen LogP contribution in [-0.2, 0) is 0 Å². The van der Waals surface area contributed by atoms with E-state index in [0.29, 0.717) is 16.4 Å². The molecule has 1 amide bonds. The number of halogens is 1. The highest BCUT2D eigenvalue weighted by Crippen LogP contribution is 2.24. The highest BCUT2D eigenvalue weighted by atomic mass is 35.5. The van der Waals surface area contributed by atoms with Gasteiger partial charge in [0.15, 0.2) is 0 Å². The van der Waals surface area contributed by atoms with Gasteiger partial charge < -0.3 is 10.6 Å². The van der Waals surface area contributed by atoms with Crippen LogP contribution in [-0.4, -0.2) is 29.9 Å². The quantitative estimate of drug-likeness (QED) is 0.796. The van der Waals surface area contributed by atoms with Crippen molar-refractivity contribution in [1.29, 1.82) is 0 Å². The minimum Gasteiger partial charge on any atom is -0.336 e. The van der Waals surface area contributed by atoms with Crippen LogP contribution in [0.1, 0.15) is 16.1 Å². The number of hydrogen-bond acceptors (Lipinski definition) is 3. The van der Waals surface area contributed by atoms with Gasteiger partial charge in [0.05, 0.1) is 5.02 Å². The van der Waals surface area contributed by atoms with E-state index in [2.05, 4.69) is 0 Å². The molecule has 1 aromatic rings. The average Bonchev–Trinajstić information content (AvgIpc) is 2.73. The summed E-state index contributed by atoms with van der Waals surface area (Å²) < 4.78 is 0. The number of rotatable bonds is 1. The maximum Gasteiger partial charge on any atom is 0.265 e. The summed E-state index contributed by atoms with van der Waals surface area (Å²) in [5.74, 6) is 0.0120. The molecule has 1 aromatic heterocycles. The summed E-state index contributed by atoms with van der Waals surface area (Å²) in [7, 11) is 0. The molecule has 2 heterocycles. The Hall–Kier alpha value is -0.580. The van der Waals surface area contributed by atoms with Gasteiger partial charge in [-0.15, -0.1) is 11.3 Å². The zero-order chi connectivity index (χ0) is 10.1. The van der Waals surface area contributed by atoms with Crippen molar-refractivity contribution in [1.82, 2.24) is 4.90 Å². The normalized spacial score (nSPS) is 21.6. The zero-order valence-electron chi connectivity index (χ0n) is 7.57. The lowest BCUT2D eigenvalue weighted by atomic mass is 10.3. The van der Waals surface area contributed by atoms with Crippen LogP contribution >= 0.6 is 22.9 Å². The van der Waals surface area contributed by atoms with Crippen LogP contribution in [0, 0.1) is 0 Å². The van der Waals surface area contributed by atoms with Crippen LogP contribution in [0.2, 0.25) is 5.02 Å². The number of amides is 1. The van der Waals surface area contributed by atoms with Crippen molar-refractivity contribution < 1.29 is 4.79 Å². The third kappa shape index (κ3) is 1.78. The second-order valence-corrected chi connectivity index (χ2v) is 4.72. The van der Waals surface area contributed by atoms with Crippen molar-refractivity contribution in [3.8, 4) is 0 Å². The molecule has 3 nitrogen and oxygen atoms in total. The topological polar surface area (TPSA) is 46.3 Å². The fraction of sp³-hybridized carbons (Fsp3) is 0.444. The van der Waals surface area contributed by atoms with Crippen molar-refractivity contribution in [3.05, 3.63) is 21.3 Å². The first-order valence-electron chi connectivity index (χ1n) is 4.46. The van der Waals surface area contributed by atoms with Gasteiger partial charge in [-0.1, -0.05) is 11.6 Å². The van der Waals surface area contributed by atoms with E-state index in [4.69, 9.17) is 17.3 Å². The molecular weight excluding hydrogens is 220 g/mol. The Morgan fingerprint density at radius 2 is 2.50 bits per heavy atom. The summed E-state index contributed by atoms with van der Waals surface area (Å²) in [6, 6.07) is 1.87. The molecule has 0 radical (unpaired) electrons. The molecule has 0 aliphatic carbocycles. The second-order valence-electron chi connectivity index (χ2n) is 3.40. The molecule has 1 fully saturated rings. The fourth-order valence-corrected chi connectivity index (χ4v) is 2.66. The minimum absolute atomic E-state index is 0.0120. The summed E-state index contributed by atoms with van der Waals surface area (Å²) in [6.07, 6.45) is 0.884. The SMILES string of the molecule is NC1CCN(C(=O)c2sccc2Cl)C1. The van der Waals surface area contributed by atoms with E-state index in [1.165, 1.54) is 11.3 Å². The average molecular weight is 231 g/mol. The Morgan fingerprint density at radius 1 is 1.71 bits per heavy atom. The number of likely N-dealkylation sites (tertiary alicyclic amines) is 1. The van der Waals surface area contributed by atoms with E-state index in [1.807, 2.05) is 5.38 Å². The Bertz CT molecular complexity index is 352. The Labute approximate surface area is 91.5 Å². The molecule has 76 valence electrons. The summed E-state index contributed by atoms with van der Waals surface area (Å²) in [5.41, 5.74) is 5.73. The van der Waals surface area contributed by atoms with Gasteiger partial charge in [-0.2, -0.15) is 0 Å². The van der Waals surface area contributed by atoms with Crippen LogP contribution in [0.5, 0.6) is 0 Å². The lowest BCUT2D eigenvalue weighted by molar-refractivity contribution is 0.0796. The Morgan fingerprint density at radius 3 is 3.00 bits per heavy atom. The van der Waals surface area contributed by atoms with Crippen LogP contribution in [0.3, 0.4) is 0 Å². The van der Waals surface area contributed by atoms with E-state index in [0.717, 1.165) is 13.0 Å². The van der Waals surface area contributed by atoms with E-state index >= 15 is 0 Å². The van der Waals surface area contributed by atoms with Crippen LogP contribution in [0.15, 0.2) is 11.4 Å². The number of thiophene rings is 1. The Kier molecular flexibility index (Phi) is 2.76.